The molecular weight excluding hydrogens is 169 g/mol. The Morgan fingerprint density at radius 1 is 1.50 bits per heavy atom. The van der Waals surface area contributed by atoms with Gasteiger partial charge in [-0.2, -0.15) is 13.2 Å². The molecule has 1 saturated heterocycles. The van der Waals surface area contributed by atoms with Crippen molar-refractivity contribution in [3.8, 4) is 0 Å². The van der Waals surface area contributed by atoms with Gasteiger partial charge in [0.15, 0.2) is 0 Å². The Balaban J connectivity index is 2.57. The van der Waals surface area contributed by atoms with Crippen molar-refractivity contribution in [2.45, 2.75) is 31.1 Å². The lowest BCUT2D eigenvalue weighted by molar-refractivity contribution is -0.158. The molecule has 0 spiro atoms. The standard InChI is InChI=1S/C7H13F3N2/c1-12-4-2-3-5(12)6(11)7(8,9)10/h5-6H,2-4,11H2,1H3. The Morgan fingerprint density at radius 3 is 2.42 bits per heavy atom. The Bertz CT molecular complexity index is 157. The fourth-order valence-corrected chi connectivity index (χ4v) is 1.61. The summed E-state index contributed by atoms with van der Waals surface area (Å²) in [5.41, 5.74) is 5.08. The van der Waals surface area contributed by atoms with Gasteiger partial charge in [-0.15, -0.1) is 0 Å². The molecule has 72 valence electrons. The number of halogens is 3. The van der Waals surface area contributed by atoms with Gasteiger partial charge in [-0.3, -0.25) is 0 Å². The minimum atomic E-state index is -4.26. The van der Waals surface area contributed by atoms with Crippen LogP contribution in [0.25, 0.3) is 0 Å². The van der Waals surface area contributed by atoms with Crippen LogP contribution >= 0.6 is 0 Å². The van der Waals surface area contributed by atoms with Crippen LogP contribution in [0.2, 0.25) is 0 Å². The van der Waals surface area contributed by atoms with Crippen LogP contribution in [0, 0.1) is 0 Å². The van der Waals surface area contributed by atoms with E-state index in [0.29, 0.717) is 13.0 Å². The van der Waals surface area contributed by atoms with Gasteiger partial charge in [-0.25, -0.2) is 0 Å². The van der Waals surface area contributed by atoms with Crippen LogP contribution in [0.1, 0.15) is 12.8 Å². The molecule has 1 aliphatic rings. The minimum Gasteiger partial charge on any atom is -0.319 e. The summed E-state index contributed by atoms with van der Waals surface area (Å²) in [6.45, 7) is 0.717. The van der Waals surface area contributed by atoms with Gasteiger partial charge in [0.05, 0.1) is 0 Å². The van der Waals surface area contributed by atoms with Gasteiger partial charge in [0.25, 0.3) is 0 Å². The van der Waals surface area contributed by atoms with Gasteiger partial charge in [0.2, 0.25) is 0 Å². The quantitative estimate of drug-likeness (QED) is 0.654. The van der Waals surface area contributed by atoms with E-state index in [2.05, 4.69) is 0 Å². The van der Waals surface area contributed by atoms with E-state index in [4.69, 9.17) is 5.73 Å². The molecule has 0 amide bonds. The predicted molar refractivity (Wildman–Crippen MR) is 39.7 cm³/mol. The van der Waals surface area contributed by atoms with Crippen LogP contribution in [0.5, 0.6) is 0 Å². The lowest BCUT2D eigenvalue weighted by atomic mass is 10.1. The average molecular weight is 182 g/mol. The summed E-state index contributed by atoms with van der Waals surface area (Å²) in [6, 6.07) is -2.21. The number of nitrogens with two attached hydrogens (primary N) is 1. The Hall–Kier alpha value is -0.290. The highest BCUT2D eigenvalue weighted by Gasteiger charge is 2.44. The average Bonchev–Trinajstić information content (AvgIpc) is 2.31. The monoisotopic (exact) mass is 182 g/mol. The van der Waals surface area contributed by atoms with Gasteiger partial charge in [-0.1, -0.05) is 0 Å². The van der Waals surface area contributed by atoms with Crippen molar-refractivity contribution >= 4 is 0 Å². The van der Waals surface area contributed by atoms with Crippen LogP contribution in [0.3, 0.4) is 0 Å². The molecule has 0 aliphatic carbocycles. The third-order valence-electron chi connectivity index (χ3n) is 2.37. The maximum absolute atomic E-state index is 12.1. The molecule has 1 aliphatic heterocycles. The normalized spacial score (nSPS) is 29.2. The molecule has 5 heteroatoms. The molecule has 1 rings (SSSR count). The third kappa shape index (κ3) is 1.90. The summed E-state index contributed by atoms with van der Waals surface area (Å²) in [7, 11) is 1.68. The Morgan fingerprint density at radius 2 is 2.08 bits per heavy atom. The van der Waals surface area contributed by atoms with Crippen LogP contribution in [0.15, 0.2) is 0 Å². The molecular formula is C7H13F3N2. The summed E-state index contributed by atoms with van der Waals surface area (Å²) >= 11 is 0. The summed E-state index contributed by atoms with van der Waals surface area (Å²) in [5.74, 6) is 0. The van der Waals surface area contributed by atoms with Crippen molar-refractivity contribution in [1.29, 1.82) is 0 Å². The van der Waals surface area contributed by atoms with E-state index in [1.807, 2.05) is 0 Å². The fraction of sp³-hybridized carbons (Fsp3) is 1.00. The molecule has 2 atom stereocenters. The number of likely N-dealkylation sites (tertiary alicyclic amines) is 1. The second-order valence-corrected chi connectivity index (χ2v) is 3.26. The molecule has 0 aromatic heterocycles. The molecule has 0 saturated carbocycles. The molecule has 0 bridgehead atoms. The van der Waals surface area contributed by atoms with Crippen molar-refractivity contribution in [1.82, 2.24) is 4.90 Å². The summed E-state index contributed by atoms with van der Waals surface area (Å²) in [4.78, 5) is 1.68. The summed E-state index contributed by atoms with van der Waals surface area (Å²) < 4.78 is 36.4. The number of nitrogens with zero attached hydrogens (tertiary/aromatic N) is 1. The maximum Gasteiger partial charge on any atom is 0.405 e. The van der Waals surface area contributed by atoms with E-state index >= 15 is 0 Å². The molecule has 2 nitrogen and oxygen atoms in total. The van der Waals surface area contributed by atoms with E-state index < -0.39 is 18.3 Å². The van der Waals surface area contributed by atoms with Crippen LogP contribution < -0.4 is 5.73 Å². The summed E-state index contributed by atoms with van der Waals surface area (Å²) in [6.07, 6.45) is -2.90. The van der Waals surface area contributed by atoms with Crippen molar-refractivity contribution in [3.05, 3.63) is 0 Å². The first-order valence-electron chi connectivity index (χ1n) is 3.95. The molecule has 0 aromatic carbocycles. The topological polar surface area (TPSA) is 29.3 Å². The first-order chi connectivity index (χ1) is 5.43. The summed E-state index contributed by atoms with van der Waals surface area (Å²) in [5, 5.41) is 0. The van der Waals surface area contributed by atoms with Crippen molar-refractivity contribution in [2.24, 2.45) is 5.73 Å². The Labute approximate surface area is 69.5 Å². The van der Waals surface area contributed by atoms with E-state index in [1.165, 1.54) is 0 Å². The number of hydrogen-bond donors (Lipinski definition) is 1. The van der Waals surface area contributed by atoms with Crippen LogP contribution in [-0.4, -0.2) is 36.8 Å². The second-order valence-electron chi connectivity index (χ2n) is 3.26. The van der Waals surface area contributed by atoms with Gasteiger partial charge in [0, 0.05) is 6.04 Å². The van der Waals surface area contributed by atoms with Gasteiger partial charge in [-0.05, 0) is 26.4 Å². The maximum atomic E-state index is 12.1. The van der Waals surface area contributed by atoms with E-state index in [1.54, 1.807) is 11.9 Å². The number of rotatable bonds is 1. The first kappa shape index (κ1) is 9.80. The van der Waals surface area contributed by atoms with Gasteiger partial charge >= 0.3 is 6.18 Å². The lowest BCUT2D eigenvalue weighted by Gasteiger charge is -2.27. The van der Waals surface area contributed by atoms with Crippen LogP contribution in [0.4, 0.5) is 13.2 Å². The SMILES string of the molecule is CN1CCCC1C(N)C(F)(F)F. The molecule has 0 aromatic rings. The van der Waals surface area contributed by atoms with Crippen LogP contribution in [-0.2, 0) is 0 Å². The molecule has 2 N–H and O–H groups in total. The molecule has 1 fully saturated rings. The number of likely N-dealkylation sites (N-methyl/N-ethyl adjacent to an activating group) is 1. The molecule has 1 heterocycles. The lowest BCUT2D eigenvalue weighted by Crippen LogP contribution is -2.51. The zero-order chi connectivity index (χ0) is 9.35. The van der Waals surface area contributed by atoms with Crippen molar-refractivity contribution < 1.29 is 13.2 Å². The highest BCUT2D eigenvalue weighted by atomic mass is 19.4. The molecule has 0 radical (unpaired) electrons. The molecule has 2 unspecified atom stereocenters. The highest BCUT2D eigenvalue weighted by Crippen LogP contribution is 2.27. The van der Waals surface area contributed by atoms with E-state index in [9.17, 15) is 13.2 Å². The zero-order valence-electron chi connectivity index (χ0n) is 6.93. The largest absolute Gasteiger partial charge is 0.405 e. The van der Waals surface area contributed by atoms with Gasteiger partial charge in [0.1, 0.15) is 6.04 Å². The zero-order valence-corrected chi connectivity index (χ0v) is 6.93. The van der Waals surface area contributed by atoms with Crippen molar-refractivity contribution in [3.63, 3.8) is 0 Å². The first-order valence-corrected chi connectivity index (χ1v) is 3.95. The minimum absolute atomic E-state index is 0.523. The number of hydrogen-bond acceptors (Lipinski definition) is 2. The van der Waals surface area contributed by atoms with E-state index in [-0.39, 0.29) is 0 Å². The second kappa shape index (κ2) is 3.22. The van der Waals surface area contributed by atoms with Gasteiger partial charge < -0.3 is 10.6 Å². The molecule has 12 heavy (non-hydrogen) atoms. The Kier molecular flexibility index (Phi) is 2.63. The van der Waals surface area contributed by atoms with E-state index in [0.717, 1.165) is 6.42 Å². The smallest absolute Gasteiger partial charge is 0.319 e. The fourth-order valence-electron chi connectivity index (χ4n) is 1.61. The highest BCUT2D eigenvalue weighted by molar-refractivity contribution is 4.89. The third-order valence-corrected chi connectivity index (χ3v) is 2.37. The number of alkyl halides is 3. The van der Waals surface area contributed by atoms with Crippen molar-refractivity contribution in [2.75, 3.05) is 13.6 Å². The predicted octanol–water partition coefficient (Wildman–Crippen LogP) is 0.970.